The Morgan fingerprint density at radius 1 is 0.972 bits per heavy atom. The lowest BCUT2D eigenvalue weighted by atomic mass is 10.2. The third-order valence-electron chi connectivity index (χ3n) is 5.88. The summed E-state index contributed by atoms with van der Waals surface area (Å²) in [5, 5.41) is 6.86. The zero-order valence-corrected chi connectivity index (χ0v) is 21.1. The normalized spacial score (nSPS) is 21.6. The van der Waals surface area contributed by atoms with Gasteiger partial charge in [-0.15, -0.1) is 0 Å². The van der Waals surface area contributed by atoms with Gasteiger partial charge in [0.1, 0.15) is 0 Å². The van der Waals surface area contributed by atoms with Crippen LogP contribution in [-0.4, -0.2) is 27.9 Å². The van der Waals surface area contributed by atoms with Crippen LogP contribution in [0.15, 0.2) is 82.8 Å². The molecule has 1 saturated heterocycles. The van der Waals surface area contributed by atoms with Crippen molar-refractivity contribution in [3.05, 3.63) is 88.8 Å². The molecule has 0 N–H and O–H groups in total. The van der Waals surface area contributed by atoms with Gasteiger partial charge in [0.2, 0.25) is 11.1 Å². The standard InChI is InChI=1S/C27H21N3O4S2/c1-17-7-6-10-21(13-17)30-27(36-25(28-30)18(2)31)29(20-8-4-3-5-9-20)26(32)24(35-27)15-19-11-12-22-23(14-19)34-16-33-22/h3-15H,16H2,1-2H3/b24-15+. The summed E-state index contributed by atoms with van der Waals surface area (Å²) in [5.41, 5.74) is 3.38. The van der Waals surface area contributed by atoms with Crippen LogP contribution in [0.25, 0.3) is 6.08 Å². The molecule has 1 spiro atoms. The first kappa shape index (κ1) is 22.8. The van der Waals surface area contributed by atoms with Crippen molar-refractivity contribution in [3.8, 4) is 11.5 Å². The Bertz CT molecular complexity index is 1460. The molecule has 3 heterocycles. The highest BCUT2D eigenvalue weighted by molar-refractivity contribution is 8.29. The number of ketones is 1. The van der Waals surface area contributed by atoms with Crippen LogP contribution in [0.5, 0.6) is 11.5 Å². The van der Waals surface area contributed by atoms with Gasteiger partial charge in [-0.2, -0.15) is 5.10 Å². The van der Waals surface area contributed by atoms with E-state index in [0.29, 0.717) is 27.1 Å². The highest BCUT2D eigenvalue weighted by atomic mass is 32.2. The smallest absolute Gasteiger partial charge is 0.268 e. The van der Waals surface area contributed by atoms with Gasteiger partial charge in [0.05, 0.1) is 10.6 Å². The molecule has 36 heavy (non-hydrogen) atoms. The second-order valence-corrected chi connectivity index (χ2v) is 11.1. The number of fused-ring (bicyclic) bond motifs is 1. The zero-order valence-electron chi connectivity index (χ0n) is 19.5. The number of hydrazone groups is 1. The number of aryl methyl sites for hydroxylation is 1. The number of hydrogen-bond acceptors (Lipinski definition) is 8. The summed E-state index contributed by atoms with van der Waals surface area (Å²) in [6.45, 7) is 3.68. The molecule has 1 fully saturated rings. The minimum absolute atomic E-state index is 0.149. The molecule has 1 unspecified atom stereocenters. The van der Waals surface area contributed by atoms with E-state index in [9.17, 15) is 9.59 Å². The van der Waals surface area contributed by atoms with Crippen molar-refractivity contribution >= 4 is 57.7 Å². The topological polar surface area (TPSA) is 71.4 Å². The molecular weight excluding hydrogens is 494 g/mol. The third kappa shape index (κ3) is 3.75. The van der Waals surface area contributed by atoms with Gasteiger partial charge in [-0.25, -0.2) is 5.01 Å². The van der Waals surface area contributed by atoms with E-state index in [4.69, 9.17) is 14.6 Å². The number of amides is 1. The quantitative estimate of drug-likeness (QED) is 0.418. The second kappa shape index (κ2) is 8.76. The maximum absolute atomic E-state index is 14.0. The van der Waals surface area contributed by atoms with Crippen molar-refractivity contribution in [2.75, 3.05) is 16.7 Å². The summed E-state index contributed by atoms with van der Waals surface area (Å²) in [4.78, 5) is 28.8. The number of para-hydroxylation sites is 1. The number of Topliss-reactive ketones (excluding diaryl/α,β-unsaturated/α-hetero) is 1. The highest BCUT2D eigenvalue weighted by Crippen LogP contribution is 2.59. The second-order valence-electron chi connectivity index (χ2n) is 8.46. The van der Waals surface area contributed by atoms with Crippen LogP contribution in [0.2, 0.25) is 0 Å². The van der Waals surface area contributed by atoms with E-state index < -0.39 is 4.33 Å². The minimum Gasteiger partial charge on any atom is -0.454 e. The molecule has 6 rings (SSSR count). The number of hydrogen-bond donors (Lipinski definition) is 0. The predicted molar refractivity (Wildman–Crippen MR) is 144 cm³/mol. The van der Waals surface area contributed by atoms with E-state index in [1.54, 1.807) is 9.91 Å². The van der Waals surface area contributed by atoms with Crippen LogP contribution < -0.4 is 19.4 Å². The number of nitrogens with zero attached hydrogens (tertiary/aromatic N) is 3. The largest absolute Gasteiger partial charge is 0.454 e. The SMILES string of the molecule is CC(=O)C1=NN(c2cccc(C)c2)C2(S1)S/C(=C/c1ccc3c(c1)OCO3)C(=O)N2c1ccccc1. The molecule has 1 atom stereocenters. The molecule has 7 nitrogen and oxygen atoms in total. The summed E-state index contributed by atoms with van der Waals surface area (Å²) in [6, 6.07) is 23.0. The van der Waals surface area contributed by atoms with Crippen LogP contribution in [-0.2, 0) is 9.59 Å². The number of anilines is 2. The van der Waals surface area contributed by atoms with Crippen LogP contribution >= 0.6 is 23.5 Å². The Hall–Kier alpha value is -3.69. The summed E-state index contributed by atoms with van der Waals surface area (Å²) >= 11 is 2.66. The summed E-state index contributed by atoms with van der Waals surface area (Å²) in [7, 11) is 0. The first-order valence-corrected chi connectivity index (χ1v) is 12.9. The van der Waals surface area contributed by atoms with Crippen LogP contribution in [0.3, 0.4) is 0 Å². The number of ether oxygens (including phenoxy) is 2. The van der Waals surface area contributed by atoms with Crippen LogP contribution in [0.1, 0.15) is 18.1 Å². The molecular formula is C27H21N3O4S2. The molecule has 3 aromatic rings. The molecule has 3 aromatic carbocycles. The molecule has 0 bridgehead atoms. The third-order valence-corrected chi connectivity index (χ3v) is 8.70. The van der Waals surface area contributed by atoms with Crippen molar-refractivity contribution in [2.45, 2.75) is 18.2 Å². The Kier molecular flexibility index (Phi) is 5.54. The van der Waals surface area contributed by atoms with Gasteiger partial charge in [0.25, 0.3) is 5.91 Å². The molecule has 0 saturated carbocycles. The molecule has 3 aliphatic heterocycles. The summed E-state index contributed by atoms with van der Waals surface area (Å²) < 4.78 is 9.89. The van der Waals surface area contributed by atoms with Gasteiger partial charge in [-0.3, -0.25) is 14.5 Å². The lowest BCUT2D eigenvalue weighted by Gasteiger charge is -2.38. The Morgan fingerprint density at radius 3 is 2.53 bits per heavy atom. The molecule has 9 heteroatoms. The van der Waals surface area contributed by atoms with E-state index in [0.717, 1.165) is 16.8 Å². The number of rotatable bonds is 4. The van der Waals surface area contributed by atoms with E-state index in [2.05, 4.69) is 0 Å². The lowest BCUT2D eigenvalue weighted by molar-refractivity contribution is -0.114. The maximum atomic E-state index is 14.0. The fraction of sp³-hybridized carbons (Fsp3) is 0.148. The Labute approximate surface area is 216 Å². The lowest BCUT2D eigenvalue weighted by Crippen LogP contribution is -2.51. The molecule has 0 aromatic heterocycles. The van der Waals surface area contributed by atoms with Gasteiger partial charge in [-0.05, 0) is 72.3 Å². The Morgan fingerprint density at radius 2 is 1.75 bits per heavy atom. The molecule has 1 amide bonds. The highest BCUT2D eigenvalue weighted by Gasteiger charge is 2.59. The van der Waals surface area contributed by atoms with E-state index in [1.165, 1.54) is 30.4 Å². The monoisotopic (exact) mass is 515 g/mol. The van der Waals surface area contributed by atoms with Crippen molar-refractivity contribution in [1.82, 2.24) is 0 Å². The van der Waals surface area contributed by atoms with Crippen molar-refractivity contribution in [1.29, 1.82) is 0 Å². The average molecular weight is 516 g/mol. The Balaban J connectivity index is 1.50. The number of carbonyl (C=O) groups excluding carboxylic acids is 2. The number of thioether (sulfide) groups is 2. The summed E-state index contributed by atoms with van der Waals surface area (Å²) in [5.74, 6) is 1.01. The van der Waals surface area contributed by atoms with Gasteiger partial charge in [0, 0.05) is 12.6 Å². The molecule has 0 radical (unpaired) electrons. The fourth-order valence-corrected chi connectivity index (χ4v) is 7.12. The number of carbonyl (C=O) groups is 2. The van der Waals surface area contributed by atoms with Crippen molar-refractivity contribution < 1.29 is 19.1 Å². The van der Waals surface area contributed by atoms with Gasteiger partial charge < -0.3 is 9.47 Å². The van der Waals surface area contributed by atoms with Gasteiger partial charge in [0.15, 0.2) is 22.3 Å². The van der Waals surface area contributed by atoms with Gasteiger partial charge >= 0.3 is 0 Å². The minimum atomic E-state index is -1.05. The zero-order chi connectivity index (χ0) is 24.9. The van der Waals surface area contributed by atoms with Crippen molar-refractivity contribution in [2.24, 2.45) is 5.10 Å². The average Bonchev–Trinajstić information content (AvgIpc) is 3.56. The molecule has 180 valence electrons. The fourth-order valence-electron chi connectivity index (χ4n) is 4.24. The van der Waals surface area contributed by atoms with E-state index >= 15 is 0 Å². The predicted octanol–water partition coefficient (Wildman–Crippen LogP) is 5.61. The van der Waals surface area contributed by atoms with Crippen molar-refractivity contribution in [3.63, 3.8) is 0 Å². The van der Waals surface area contributed by atoms with E-state index in [-0.39, 0.29) is 18.5 Å². The number of benzene rings is 3. The maximum Gasteiger partial charge on any atom is 0.268 e. The van der Waals surface area contributed by atoms with Crippen LogP contribution in [0.4, 0.5) is 11.4 Å². The molecule has 0 aliphatic carbocycles. The van der Waals surface area contributed by atoms with Crippen LogP contribution in [0, 0.1) is 6.92 Å². The van der Waals surface area contributed by atoms with Gasteiger partial charge in [-0.1, -0.05) is 48.2 Å². The first-order valence-electron chi connectivity index (χ1n) is 11.3. The molecule has 3 aliphatic rings. The summed E-state index contributed by atoms with van der Waals surface area (Å²) in [6.07, 6.45) is 1.85. The van der Waals surface area contributed by atoms with E-state index in [1.807, 2.05) is 85.8 Å². The first-order chi connectivity index (χ1) is 17.4.